The van der Waals surface area contributed by atoms with Crippen molar-refractivity contribution >= 4 is 23.2 Å². The number of carbonyl (C=O) groups is 1. The molecule has 1 saturated heterocycles. The number of nitrogens with zero attached hydrogens (tertiary/aromatic N) is 2. The molecule has 1 amide bonds. The maximum absolute atomic E-state index is 12.8. The van der Waals surface area contributed by atoms with E-state index in [1.807, 2.05) is 35.2 Å². The molecule has 2 aromatic carbocycles. The van der Waals surface area contributed by atoms with Gasteiger partial charge in [0, 0.05) is 22.7 Å². The highest BCUT2D eigenvalue weighted by molar-refractivity contribution is 6.31. The second-order valence-corrected chi connectivity index (χ2v) is 7.73. The average Bonchev–Trinajstić information content (AvgIpc) is 2.91. The SMILES string of the molecule is CC1(C)c2ccccc2N2CC(=O)N(Cc3ccccc3Cl)[C@@]21C. The Morgan fingerprint density at radius 2 is 1.71 bits per heavy atom. The highest BCUT2D eigenvalue weighted by Crippen LogP contribution is 2.55. The molecule has 0 bridgehead atoms. The van der Waals surface area contributed by atoms with Crippen molar-refractivity contribution in [3.05, 3.63) is 64.7 Å². The Kier molecular flexibility index (Phi) is 3.23. The van der Waals surface area contributed by atoms with Crippen molar-refractivity contribution < 1.29 is 4.79 Å². The molecule has 4 heteroatoms. The van der Waals surface area contributed by atoms with Crippen LogP contribution in [0.3, 0.4) is 0 Å². The summed E-state index contributed by atoms with van der Waals surface area (Å²) in [5.41, 5.74) is 2.88. The molecule has 1 fully saturated rings. The predicted molar refractivity (Wildman–Crippen MR) is 97.2 cm³/mol. The first-order valence-electron chi connectivity index (χ1n) is 8.28. The maximum atomic E-state index is 12.8. The minimum absolute atomic E-state index is 0.153. The topological polar surface area (TPSA) is 23.6 Å². The van der Waals surface area contributed by atoms with Crippen molar-refractivity contribution in [2.24, 2.45) is 0 Å². The van der Waals surface area contributed by atoms with Crippen molar-refractivity contribution in [1.29, 1.82) is 0 Å². The third-order valence-corrected chi connectivity index (χ3v) is 6.35. The monoisotopic (exact) mass is 340 g/mol. The Balaban J connectivity index is 1.81. The van der Waals surface area contributed by atoms with Gasteiger partial charge >= 0.3 is 0 Å². The van der Waals surface area contributed by atoms with Crippen molar-refractivity contribution in [2.45, 2.75) is 38.4 Å². The fraction of sp³-hybridized carbons (Fsp3) is 0.350. The summed E-state index contributed by atoms with van der Waals surface area (Å²) in [6.45, 7) is 7.58. The lowest BCUT2D eigenvalue weighted by molar-refractivity contribution is -0.132. The second-order valence-electron chi connectivity index (χ2n) is 7.32. The zero-order valence-electron chi connectivity index (χ0n) is 14.2. The Morgan fingerprint density at radius 3 is 2.46 bits per heavy atom. The van der Waals surface area contributed by atoms with Gasteiger partial charge in [0.25, 0.3) is 0 Å². The first-order valence-corrected chi connectivity index (χ1v) is 8.66. The van der Waals surface area contributed by atoms with Crippen LogP contribution in [0, 0.1) is 0 Å². The summed E-state index contributed by atoms with van der Waals surface area (Å²) in [5, 5.41) is 0.709. The van der Waals surface area contributed by atoms with E-state index in [4.69, 9.17) is 11.6 Å². The molecule has 0 saturated carbocycles. The van der Waals surface area contributed by atoms with Crippen LogP contribution in [0.15, 0.2) is 48.5 Å². The summed E-state index contributed by atoms with van der Waals surface area (Å²) in [7, 11) is 0. The van der Waals surface area contributed by atoms with Gasteiger partial charge in [0.2, 0.25) is 5.91 Å². The second kappa shape index (κ2) is 5.00. The fourth-order valence-electron chi connectivity index (χ4n) is 4.29. The van der Waals surface area contributed by atoms with Gasteiger partial charge in [0.05, 0.1) is 6.54 Å². The number of hydrogen-bond donors (Lipinski definition) is 0. The number of fused-ring (bicyclic) bond motifs is 3. The van der Waals surface area contributed by atoms with Crippen molar-refractivity contribution in [3.63, 3.8) is 0 Å². The van der Waals surface area contributed by atoms with Gasteiger partial charge in [-0.25, -0.2) is 0 Å². The summed E-state index contributed by atoms with van der Waals surface area (Å²) in [5.74, 6) is 0.153. The summed E-state index contributed by atoms with van der Waals surface area (Å²) in [4.78, 5) is 17.1. The Bertz CT molecular complexity index is 832. The van der Waals surface area contributed by atoms with E-state index >= 15 is 0 Å². The van der Waals surface area contributed by atoms with E-state index in [0.29, 0.717) is 18.1 Å². The zero-order chi connectivity index (χ0) is 17.1. The highest BCUT2D eigenvalue weighted by Gasteiger charge is 2.62. The molecule has 0 radical (unpaired) electrons. The van der Waals surface area contributed by atoms with Crippen LogP contribution in [0.5, 0.6) is 0 Å². The summed E-state index contributed by atoms with van der Waals surface area (Å²) in [6, 6.07) is 16.2. The number of carbonyl (C=O) groups excluding carboxylic acids is 1. The summed E-state index contributed by atoms with van der Waals surface area (Å²) >= 11 is 6.35. The third kappa shape index (κ3) is 1.82. The van der Waals surface area contributed by atoms with Gasteiger partial charge in [-0.15, -0.1) is 0 Å². The summed E-state index contributed by atoms with van der Waals surface area (Å²) < 4.78 is 0. The lowest BCUT2D eigenvalue weighted by Crippen LogP contribution is -2.59. The van der Waals surface area contributed by atoms with Crippen LogP contribution in [0.2, 0.25) is 5.02 Å². The molecule has 0 aromatic heterocycles. The molecule has 124 valence electrons. The van der Waals surface area contributed by atoms with Crippen LogP contribution >= 0.6 is 11.6 Å². The molecular weight excluding hydrogens is 320 g/mol. The molecule has 24 heavy (non-hydrogen) atoms. The summed E-state index contributed by atoms with van der Waals surface area (Å²) in [6.07, 6.45) is 0. The Hall–Kier alpha value is -2.00. The van der Waals surface area contributed by atoms with Gasteiger partial charge in [-0.1, -0.05) is 61.8 Å². The molecule has 2 aliphatic rings. The van der Waals surface area contributed by atoms with Crippen LogP contribution in [-0.4, -0.2) is 23.0 Å². The maximum Gasteiger partial charge on any atom is 0.244 e. The van der Waals surface area contributed by atoms with Crippen LogP contribution in [0.4, 0.5) is 5.69 Å². The Labute approximate surface area is 147 Å². The quantitative estimate of drug-likeness (QED) is 0.818. The fourth-order valence-corrected chi connectivity index (χ4v) is 4.48. The number of amides is 1. The number of hydrogen-bond acceptors (Lipinski definition) is 2. The smallest absolute Gasteiger partial charge is 0.244 e. The number of para-hydroxylation sites is 1. The first kappa shape index (κ1) is 15.5. The van der Waals surface area contributed by atoms with E-state index in [0.717, 1.165) is 5.56 Å². The molecule has 2 aliphatic heterocycles. The number of anilines is 1. The van der Waals surface area contributed by atoms with Gasteiger partial charge in [-0.3, -0.25) is 4.79 Å². The molecule has 0 aliphatic carbocycles. The molecule has 0 spiro atoms. The Morgan fingerprint density at radius 1 is 1.04 bits per heavy atom. The predicted octanol–water partition coefficient (Wildman–Crippen LogP) is 4.20. The minimum Gasteiger partial charge on any atom is -0.338 e. The highest BCUT2D eigenvalue weighted by atomic mass is 35.5. The average molecular weight is 341 g/mol. The number of benzene rings is 2. The molecule has 0 N–H and O–H groups in total. The lowest BCUT2D eigenvalue weighted by atomic mass is 9.76. The number of halogens is 1. The van der Waals surface area contributed by atoms with Crippen LogP contribution < -0.4 is 4.90 Å². The van der Waals surface area contributed by atoms with Gasteiger partial charge in [0.1, 0.15) is 5.66 Å². The zero-order valence-corrected chi connectivity index (χ0v) is 15.0. The van der Waals surface area contributed by atoms with Gasteiger partial charge in [0.15, 0.2) is 0 Å². The van der Waals surface area contributed by atoms with Gasteiger partial charge in [-0.05, 0) is 30.2 Å². The molecular formula is C20H21ClN2O. The van der Waals surface area contributed by atoms with Crippen LogP contribution in [0.1, 0.15) is 31.9 Å². The normalized spacial score (nSPS) is 24.2. The van der Waals surface area contributed by atoms with Crippen LogP contribution in [-0.2, 0) is 16.8 Å². The molecule has 0 unspecified atom stereocenters. The molecule has 3 nitrogen and oxygen atoms in total. The standard InChI is InChI=1S/C20H21ClN2O/c1-19(2)15-9-5-7-11-17(15)22-13-18(24)23(20(19,22)3)12-14-8-4-6-10-16(14)21/h4-11H,12-13H2,1-3H3/t20-/m1/s1. The first-order chi connectivity index (χ1) is 11.4. The van der Waals surface area contributed by atoms with Crippen molar-refractivity contribution in [3.8, 4) is 0 Å². The van der Waals surface area contributed by atoms with Gasteiger partial charge < -0.3 is 9.80 Å². The minimum atomic E-state index is -0.396. The van der Waals surface area contributed by atoms with E-state index in [1.54, 1.807) is 0 Å². The van der Waals surface area contributed by atoms with E-state index in [-0.39, 0.29) is 11.3 Å². The van der Waals surface area contributed by atoms with Crippen LogP contribution in [0.25, 0.3) is 0 Å². The van der Waals surface area contributed by atoms with Gasteiger partial charge in [-0.2, -0.15) is 0 Å². The third-order valence-electron chi connectivity index (χ3n) is 5.98. The van der Waals surface area contributed by atoms with E-state index in [1.165, 1.54) is 11.3 Å². The molecule has 2 aromatic rings. The van der Waals surface area contributed by atoms with Crippen molar-refractivity contribution in [2.75, 3.05) is 11.4 Å². The van der Waals surface area contributed by atoms with E-state index in [9.17, 15) is 4.79 Å². The van der Waals surface area contributed by atoms with E-state index in [2.05, 4.69) is 43.9 Å². The van der Waals surface area contributed by atoms with E-state index < -0.39 is 5.66 Å². The molecule has 2 heterocycles. The largest absolute Gasteiger partial charge is 0.338 e. The van der Waals surface area contributed by atoms with Crippen molar-refractivity contribution in [1.82, 2.24) is 4.90 Å². The lowest BCUT2D eigenvalue weighted by Gasteiger charge is -2.46. The number of rotatable bonds is 2. The molecule has 4 rings (SSSR count). The molecule has 1 atom stereocenters.